The molecule has 0 bridgehead atoms. The highest BCUT2D eigenvalue weighted by Crippen LogP contribution is 2.42. The highest BCUT2D eigenvalue weighted by Gasteiger charge is 2.20. The molecule has 0 aliphatic rings. The predicted molar refractivity (Wildman–Crippen MR) is 180 cm³/mol. The summed E-state index contributed by atoms with van der Waals surface area (Å²) in [6, 6.07) is 53.6. The fourth-order valence-electron chi connectivity index (χ4n) is 6.60. The minimum Gasteiger partial charge on any atom is -0.309 e. The highest BCUT2D eigenvalue weighted by atomic mass is 15.0. The van der Waals surface area contributed by atoms with Crippen LogP contribution >= 0.6 is 0 Å². The Morgan fingerprint density at radius 2 is 1.16 bits per heavy atom. The van der Waals surface area contributed by atoms with E-state index in [0.29, 0.717) is 0 Å². The molecule has 0 spiro atoms. The van der Waals surface area contributed by atoms with Crippen molar-refractivity contribution in [3.63, 3.8) is 0 Å². The fourth-order valence-corrected chi connectivity index (χ4v) is 6.60. The summed E-state index contributed by atoms with van der Waals surface area (Å²) in [6.07, 6.45) is 0. The Kier molecular flexibility index (Phi) is 5.20. The van der Waals surface area contributed by atoms with Crippen LogP contribution in [0.4, 0.5) is 0 Å². The second kappa shape index (κ2) is 9.37. The molecule has 3 aromatic heterocycles. The van der Waals surface area contributed by atoms with Crippen LogP contribution in [0.3, 0.4) is 0 Å². The number of para-hydroxylation sites is 3. The maximum absolute atomic E-state index is 5.30. The van der Waals surface area contributed by atoms with Crippen LogP contribution < -0.4 is 0 Å². The van der Waals surface area contributed by atoms with Gasteiger partial charge in [-0.1, -0.05) is 115 Å². The van der Waals surface area contributed by atoms with Crippen LogP contribution in [0, 0.1) is 0 Å². The molecule has 0 saturated heterocycles. The van der Waals surface area contributed by atoms with E-state index < -0.39 is 0 Å². The molecule has 3 nitrogen and oxygen atoms in total. The summed E-state index contributed by atoms with van der Waals surface area (Å²) in [5.41, 5.74) is 9.58. The van der Waals surface area contributed by atoms with Crippen LogP contribution in [-0.4, -0.2) is 14.5 Å². The van der Waals surface area contributed by atoms with Crippen molar-refractivity contribution in [2.75, 3.05) is 0 Å². The maximum atomic E-state index is 5.30. The van der Waals surface area contributed by atoms with E-state index in [4.69, 9.17) is 9.97 Å². The van der Waals surface area contributed by atoms with Gasteiger partial charge < -0.3 is 4.57 Å². The van der Waals surface area contributed by atoms with Gasteiger partial charge in [-0.3, -0.25) is 0 Å². The second-order valence-electron chi connectivity index (χ2n) is 11.0. The molecule has 0 atom stereocenters. The summed E-state index contributed by atoms with van der Waals surface area (Å²) in [4.78, 5) is 10.3. The van der Waals surface area contributed by atoms with Crippen LogP contribution in [0.1, 0.15) is 0 Å². The van der Waals surface area contributed by atoms with Crippen molar-refractivity contribution in [1.82, 2.24) is 14.5 Å². The molecule has 0 amide bonds. The number of rotatable bonds is 3. The molecule has 9 aromatic rings. The molecule has 0 radical (unpaired) electrons. The maximum Gasteiger partial charge on any atom is 0.0809 e. The van der Waals surface area contributed by atoms with Crippen molar-refractivity contribution >= 4 is 54.4 Å². The largest absolute Gasteiger partial charge is 0.309 e. The van der Waals surface area contributed by atoms with Crippen LogP contribution in [0.5, 0.6) is 0 Å². The Bertz CT molecular complexity index is 2510. The fraction of sp³-hybridized carbons (Fsp3) is 0. The van der Waals surface area contributed by atoms with Crippen molar-refractivity contribution in [1.29, 1.82) is 0 Å². The van der Waals surface area contributed by atoms with Gasteiger partial charge in [-0.2, -0.15) is 0 Å². The lowest BCUT2D eigenvalue weighted by atomic mass is 9.97. The van der Waals surface area contributed by atoms with Crippen molar-refractivity contribution < 1.29 is 0 Å². The third kappa shape index (κ3) is 3.68. The number of benzene rings is 6. The van der Waals surface area contributed by atoms with E-state index in [0.717, 1.165) is 55.4 Å². The molecule has 0 unspecified atom stereocenters. The monoisotopic (exact) mass is 547 g/mol. The minimum absolute atomic E-state index is 0.962. The minimum atomic E-state index is 0.962. The summed E-state index contributed by atoms with van der Waals surface area (Å²) < 4.78 is 2.42. The summed E-state index contributed by atoms with van der Waals surface area (Å²) in [7, 11) is 0. The van der Waals surface area contributed by atoms with Gasteiger partial charge in [0.15, 0.2) is 0 Å². The summed E-state index contributed by atoms with van der Waals surface area (Å²) in [5, 5.41) is 7.10. The van der Waals surface area contributed by atoms with Crippen molar-refractivity contribution in [2.24, 2.45) is 0 Å². The normalized spacial score (nSPS) is 11.7. The number of pyridine rings is 2. The van der Waals surface area contributed by atoms with Crippen molar-refractivity contribution in [3.05, 3.63) is 152 Å². The highest BCUT2D eigenvalue weighted by molar-refractivity contribution is 6.25. The van der Waals surface area contributed by atoms with E-state index in [9.17, 15) is 0 Å². The summed E-state index contributed by atoms with van der Waals surface area (Å²) in [6.45, 7) is 0. The first-order valence-electron chi connectivity index (χ1n) is 14.6. The zero-order valence-corrected chi connectivity index (χ0v) is 23.3. The van der Waals surface area contributed by atoms with Gasteiger partial charge in [-0.15, -0.1) is 0 Å². The Labute approximate surface area is 248 Å². The standard InChI is InChI=1S/C40H25N3/c1-2-12-27(13-3-1)39-38-32(30-16-5-8-19-36(30)42-39)22-23-33-31-17-6-9-20-37(31)43(40(33)38)29-15-10-14-28(25-29)35-24-21-26-11-4-7-18-34(26)41-35/h1-25H. The lowest BCUT2D eigenvalue weighted by molar-refractivity contribution is 1.18. The van der Waals surface area contributed by atoms with Gasteiger partial charge in [-0.05, 0) is 41.8 Å². The topological polar surface area (TPSA) is 30.7 Å². The molecule has 3 heteroatoms. The molecule has 0 aliphatic carbocycles. The van der Waals surface area contributed by atoms with Crippen LogP contribution in [0.15, 0.2) is 152 Å². The average molecular weight is 548 g/mol. The molecule has 9 rings (SSSR count). The number of fused-ring (bicyclic) bond motifs is 8. The Morgan fingerprint density at radius 3 is 2.07 bits per heavy atom. The Hall–Kier alpha value is -5.80. The van der Waals surface area contributed by atoms with E-state index >= 15 is 0 Å². The Balaban J connectivity index is 1.41. The lowest BCUT2D eigenvalue weighted by Gasteiger charge is -2.15. The SMILES string of the molecule is c1ccc(-c2nc3ccccc3c3ccc4c5ccccc5n(-c5cccc(-c6ccc7ccccc7n6)c5)c4c23)cc1. The van der Waals surface area contributed by atoms with Crippen LogP contribution in [0.25, 0.3) is 82.6 Å². The smallest absolute Gasteiger partial charge is 0.0809 e. The Morgan fingerprint density at radius 1 is 0.442 bits per heavy atom. The van der Waals surface area contributed by atoms with E-state index in [1.807, 2.05) is 6.07 Å². The number of aromatic nitrogens is 3. The molecule has 0 aliphatic heterocycles. The third-order valence-corrected chi connectivity index (χ3v) is 8.55. The van der Waals surface area contributed by atoms with Gasteiger partial charge in [-0.25, -0.2) is 9.97 Å². The molecule has 0 saturated carbocycles. The molecular weight excluding hydrogens is 522 g/mol. The van der Waals surface area contributed by atoms with Crippen molar-refractivity contribution in [3.8, 4) is 28.2 Å². The van der Waals surface area contributed by atoms with Gasteiger partial charge in [0.2, 0.25) is 0 Å². The summed E-state index contributed by atoms with van der Waals surface area (Å²) in [5.74, 6) is 0. The molecule has 200 valence electrons. The lowest BCUT2D eigenvalue weighted by Crippen LogP contribution is -1.97. The van der Waals surface area contributed by atoms with E-state index in [1.54, 1.807) is 0 Å². The van der Waals surface area contributed by atoms with E-state index in [1.165, 1.54) is 27.2 Å². The first-order chi connectivity index (χ1) is 21.3. The zero-order chi connectivity index (χ0) is 28.3. The van der Waals surface area contributed by atoms with E-state index in [-0.39, 0.29) is 0 Å². The van der Waals surface area contributed by atoms with Crippen LogP contribution in [-0.2, 0) is 0 Å². The molecule has 6 aromatic carbocycles. The molecular formula is C40H25N3. The van der Waals surface area contributed by atoms with Crippen LogP contribution in [0.2, 0.25) is 0 Å². The van der Waals surface area contributed by atoms with Gasteiger partial charge in [0.05, 0.1) is 33.5 Å². The number of nitrogens with zero attached hydrogens (tertiary/aromatic N) is 3. The number of hydrogen-bond donors (Lipinski definition) is 0. The first kappa shape index (κ1) is 23.9. The van der Waals surface area contributed by atoms with E-state index in [2.05, 4.69) is 150 Å². The molecule has 43 heavy (non-hydrogen) atoms. The first-order valence-corrected chi connectivity index (χ1v) is 14.6. The van der Waals surface area contributed by atoms with Gasteiger partial charge >= 0.3 is 0 Å². The van der Waals surface area contributed by atoms with Gasteiger partial charge in [0, 0.05) is 43.7 Å². The average Bonchev–Trinajstić information content (AvgIpc) is 3.43. The molecule has 3 heterocycles. The van der Waals surface area contributed by atoms with Gasteiger partial charge in [0.25, 0.3) is 0 Å². The third-order valence-electron chi connectivity index (χ3n) is 8.55. The predicted octanol–water partition coefficient (Wildman–Crippen LogP) is 10.4. The zero-order valence-electron chi connectivity index (χ0n) is 23.3. The molecule has 0 fully saturated rings. The number of hydrogen-bond acceptors (Lipinski definition) is 2. The van der Waals surface area contributed by atoms with Crippen molar-refractivity contribution in [2.45, 2.75) is 0 Å². The van der Waals surface area contributed by atoms with Gasteiger partial charge in [0.1, 0.15) is 0 Å². The second-order valence-corrected chi connectivity index (χ2v) is 11.0. The quantitative estimate of drug-likeness (QED) is 0.206. The summed E-state index contributed by atoms with van der Waals surface area (Å²) >= 11 is 0. The molecule has 0 N–H and O–H groups in total.